The molecule has 0 fully saturated rings. The number of rotatable bonds is 7. The van der Waals surface area contributed by atoms with E-state index in [9.17, 15) is 9.50 Å². The first-order valence-electron chi connectivity index (χ1n) is 5.92. The van der Waals surface area contributed by atoms with Crippen LogP contribution in [0.3, 0.4) is 0 Å². The summed E-state index contributed by atoms with van der Waals surface area (Å²) >= 11 is 0. The molecule has 0 radical (unpaired) electrons. The monoisotopic (exact) mass is 237 g/mol. The van der Waals surface area contributed by atoms with E-state index in [0.29, 0.717) is 24.9 Å². The summed E-state index contributed by atoms with van der Waals surface area (Å²) in [6.07, 6.45) is 2.75. The number of nitrogens with one attached hydrogen (secondary N) is 1. The molecule has 94 valence electrons. The SMILES string of the molecule is C=CCC(NCCC(C)O)c1ccccc1F. The molecule has 1 aromatic rings. The van der Waals surface area contributed by atoms with Crippen molar-refractivity contribution in [1.29, 1.82) is 0 Å². The molecule has 2 N–H and O–H groups in total. The number of aliphatic hydroxyl groups excluding tert-OH is 1. The second kappa shape index (κ2) is 7.20. The minimum Gasteiger partial charge on any atom is -0.393 e. The highest BCUT2D eigenvalue weighted by Crippen LogP contribution is 2.20. The van der Waals surface area contributed by atoms with Crippen LogP contribution in [0.5, 0.6) is 0 Å². The molecule has 0 heterocycles. The molecule has 1 rings (SSSR count). The van der Waals surface area contributed by atoms with Crippen molar-refractivity contribution in [3.8, 4) is 0 Å². The van der Waals surface area contributed by atoms with Gasteiger partial charge in [-0.25, -0.2) is 4.39 Å². The number of benzene rings is 1. The smallest absolute Gasteiger partial charge is 0.127 e. The van der Waals surface area contributed by atoms with Crippen molar-refractivity contribution >= 4 is 0 Å². The molecular formula is C14H20FNO. The molecule has 0 aliphatic heterocycles. The van der Waals surface area contributed by atoms with Gasteiger partial charge in [0.25, 0.3) is 0 Å². The van der Waals surface area contributed by atoms with Crippen LogP contribution in [0.1, 0.15) is 31.4 Å². The highest BCUT2D eigenvalue weighted by atomic mass is 19.1. The Hall–Kier alpha value is -1.19. The second-order valence-corrected chi connectivity index (χ2v) is 4.19. The molecule has 0 aromatic heterocycles. The first-order chi connectivity index (χ1) is 8.15. The molecule has 0 amide bonds. The Bertz CT molecular complexity index is 352. The van der Waals surface area contributed by atoms with Crippen LogP contribution in [0.4, 0.5) is 4.39 Å². The summed E-state index contributed by atoms with van der Waals surface area (Å²) in [6.45, 7) is 6.09. The first kappa shape index (κ1) is 13.9. The van der Waals surface area contributed by atoms with Crippen molar-refractivity contribution in [3.63, 3.8) is 0 Å². The van der Waals surface area contributed by atoms with Gasteiger partial charge in [0.1, 0.15) is 5.82 Å². The molecule has 0 spiro atoms. The van der Waals surface area contributed by atoms with E-state index in [4.69, 9.17) is 0 Å². The van der Waals surface area contributed by atoms with Crippen LogP contribution in [0.2, 0.25) is 0 Å². The molecule has 0 saturated carbocycles. The zero-order chi connectivity index (χ0) is 12.7. The zero-order valence-electron chi connectivity index (χ0n) is 10.2. The van der Waals surface area contributed by atoms with Crippen molar-refractivity contribution in [1.82, 2.24) is 5.32 Å². The maximum absolute atomic E-state index is 13.6. The molecule has 3 heteroatoms. The maximum Gasteiger partial charge on any atom is 0.127 e. The summed E-state index contributed by atoms with van der Waals surface area (Å²) in [5.74, 6) is -0.205. The van der Waals surface area contributed by atoms with Crippen molar-refractivity contribution in [2.75, 3.05) is 6.54 Å². The lowest BCUT2D eigenvalue weighted by molar-refractivity contribution is 0.182. The van der Waals surface area contributed by atoms with Gasteiger partial charge in [0.05, 0.1) is 6.10 Å². The average molecular weight is 237 g/mol. The Morgan fingerprint density at radius 3 is 2.76 bits per heavy atom. The molecule has 0 aliphatic carbocycles. The lowest BCUT2D eigenvalue weighted by atomic mass is 10.0. The summed E-state index contributed by atoms with van der Waals surface area (Å²) < 4.78 is 13.6. The predicted octanol–water partition coefficient (Wildman–Crippen LogP) is 2.80. The quantitative estimate of drug-likeness (QED) is 0.715. The Labute approximate surface area is 102 Å². The van der Waals surface area contributed by atoms with E-state index in [1.807, 2.05) is 6.07 Å². The standard InChI is InChI=1S/C14H20FNO/c1-3-6-14(16-10-9-11(2)17)12-7-4-5-8-13(12)15/h3-5,7-8,11,14,16-17H,1,6,9-10H2,2H3. The molecule has 0 aliphatic rings. The van der Waals surface area contributed by atoms with Gasteiger partial charge >= 0.3 is 0 Å². The predicted molar refractivity (Wildman–Crippen MR) is 68.3 cm³/mol. The van der Waals surface area contributed by atoms with Crippen LogP contribution in [-0.2, 0) is 0 Å². The van der Waals surface area contributed by atoms with Gasteiger partial charge in [-0.15, -0.1) is 6.58 Å². The first-order valence-corrected chi connectivity index (χ1v) is 5.92. The highest BCUT2D eigenvalue weighted by molar-refractivity contribution is 5.21. The molecular weight excluding hydrogens is 217 g/mol. The minimum absolute atomic E-state index is 0.0764. The molecule has 17 heavy (non-hydrogen) atoms. The number of halogens is 1. The van der Waals surface area contributed by atoms with E-state index in [0.717, 1.165) is 0 Å². The van der Waals surface area contributed by atoms with Gasteiger partial charge in [-0.05, 0) is 32.4 Å². The van der Waals surface area contributed by atoms with Crippen LogP contribution in [0.25, 0.3) is 0 Å². The fraction of sp³-hybridized carbons (Fsp3) is 0.429. The highest BCUT2D eigenvalue weighted by Gasteiger charge is 2.13. The fourth-order valence-corrected chi connectivity index (χ4v) is 1.71. The molecule has 0 saturated heterocycles. The van der Waals surface area contributed by atoms with E-state index < -0.39 is 0 Å². The third kappa shape index (κ3) is 4.67. The van der Waals surface area contributed by atoms with Gasteiger partial charge < -0.3 is 10.4 Å². The van der Waals surface area contributed by atoms with Crippen LogP contribution in [-0.4, -0.2) is 17.8 Å². The molecule has 2 nitrogen and oxygen atoms in total. The zero-order valence-corrected chi connectivity index (χ0v) is 10.2. The van der Waals surface area contributed by atoms with Crippen molar-refractivity contribution in [2.45, 2.75) is 31.9 Å². The van der Waals surface area contributed by atoms with Crippen molar-refractivity contribution < 1.29 is 9.50 Å². The van der Waals surface area contributed by atoms with E-state index in [-0.39, 0.29) is 18.0 Å². The molecule has 2 unspecified atom stereocenters. The van der Waals surface area contributed by atoms with Gasteiger partial charge in [-0.2, -0.15) is 0 Å². The topological polar surface area (TPSA) is 32.3 Å². The van der Waals surface area contributed by atoms with Crippen LogP contribution < -0.4 is 5.32 Å². The van der Waals surface area contributed by atoms with Crippen LogP contribution in [0.15, 0.2) is 36.9 Å². The van der Waals surface area contributed by atoms with Gasteiger partial charge in [-0.3, -0.25) is 0 Å². The largest absolute Gasteiger partial charge is 0.393 e. The van der Waals surface area contributed by atoms with E-state index in [1.165, 1.54) is 6.07 Å². The summed E-state index contributed by atoms with van der Waals surface area (Å²) in [6, 6.07) is 6.66. The molecule has 2 atom stereocenters. The third-order valence-corrected chi connectivity index (χ3v) is 2.64. The fourth-order valence-electron chi connectivity index (χ4n) is 1.71. The Morgan fingerprint density at radius 1 is 1.47 bits per heavy atom. The van der Waals surface area contributed by atoms with Gasteiger partial charge in [-0.1, -0.05) is 24.3 Å². The molecule has 0 bridgehead atoms. The number of hydrogen-bond donors (Lipinski definition) is 2. The van der Waals surface area contributed by atoms with E-state index in [2.05, 4.69) is 11.9 Å². The van der Waals surface area contributed by atoms with Gasteiger partial charge in [0.15, 0.2) is 0 Å². The van der Waals surface area contributed by atoms with Crippen LogP contribution >= 0.6 is 0 Å². The summed E-state index contributed by atoms with van der Waals surface area (Å²) in [7, 11) is 0. The number of aliphatic hydroxyl groups is 1. The lowest BCUT2D eigenvalue weighted by Crippen LogP contribution is -2.25. The van der Waals surface area contributed by atoms with Gasteiger partial charge in [0, 0.05) is 11.6 Å². The Balaban J connectivity index is 2.65. The van der Waals surface area contributed by atoms with Crippen LogP contribution in [0, 0.1) is 5.82 Å². The Morgan fingerprint density at radius 2 is 2.18 bits per heavy atom. The third-order valence-electron chi connectivity index (χ3n) is 2.64. The van der Waals surface area contributed by atoms with Crippen molar-refractivity contribution in [3.05, 3.63) is 48.3 Å². The second-order valence-electron chi connectivity index (χ2n) is 4.19. The van der Waals surface area contributed by atoms with Gasteiger partial charge in [0.2, 0.25) is 0 Å². The number of hydrogen-bond acceptors (Lipinski definition) is 2. The lowest BCUT2D eigenvalue weighted by Gasteiger charge is -2.18. The maximum atomic E-state index is 13.6. The summed E-state index contributed by atoms with van der Waals surface area (Å²) in [4.78, 5) is 0. The normalized spacial score (nSPS) is 14.3. The Kier molecular flexibility index (Phi) is 5.87. The van der Waals surface area contributed by atoms with E-state index in [1.54, 1.807) is 25.1 Å². The van der Waals surface area contributed by atoms with E-state index >= 15 is 0 Å². The average Bonchev–Trinajstić information content (AvgIpc) is 2.28. The summed E-state index contributed by atoms with van der Waals surface area (Å²) in [5.41, 5.74) is 0.651. The van der Waals surface area contributed by atoms with Crippen molar-refractivity contribution in [2.24, 2.45) is 0 Å². The minimum atomic E-state index is -0.340. The summed E-state index contributed by atoms with van der Waals surface area (Å²) in [5, 5.41) is 12.4. The molecule has 1 aromatic carbocycles.